The average molecular weight is 358 g/mol. The number of hydrogen-bond acceptors (Lipinski definition) is 5. The van der Waals surface area contributed by atoms with E-state index in [2.05, 4.69) is 16.8 Å². The van der Waals surface area contributed by atoms with E-state index in [1.807, 2.05) is 44.2 Å². The van der Waals surface area contributed by atoms with Crippen LogP contribution in [0.5, 0.6) is 0 Å². The molecule has 1 saturated heterocycles. The molecule has 0 unspecified atom stereocenters. The first kappa shape index (κ1) is 19.7. The Hall–Kier alpha value is -2.59. The number of ether oxygens (including phenoxy) is 1. The van der Waals surface area contributed by atoms with E-state index < -0.39 is 12.1 Å². The first-order valence-electron chi connectivity index (χ1n) is 8.93. The van der Waals surface area contributed by atoms with Crippen LogP contribution in [0.4, 0.5) is 4.79 Å². The maximum Gasteiger partial charge on any atom is 0.408 e. The van der Waals surface area contributed by atoms with Gasteiger partial charge in [0.05, 0.1) is 6.07 Å². The summed E-state index contributed by atoms with van der Waals surface area (Å²) in [5.74, 6) is -0.108. The number of carbonyl (C=O) groups is 2. The zero-order valence-corrected chi connectivity index (χ0v) is 15.3. The Morgan fingerprint density at radius 3 is 2.73 bits per heavy atom. The Kier molecular flexibility index (Phi) is 7.42. The van der Waals surface area contributed by atoms with Crippen molar-refractivity contribution in [2.45, 2.75) is 51.8 Å². The highest BCUT2D eigenvalue weighted by Crippen LogP contribution is 2.14. The normalized spacial score (nSPS) is 18.2. The molecule has 1 aliphatic heterocycles. The van der Waals surface area contributed by atoms with Gasteiger partial charge < -0.3 is 10.1 Å². The van der Waals surface area contributed by atoms with Gasteiger partial charge in [-0.2, -0.15) is 5.26 Å². The minimum Gasteiger partial charge on any atom is -0.445 e. The van der Waals surface area contributed by atoms with Gasteiger partial charge in [0.2, 0.25) is 0 Å². The van der Waals surface area contributed by atoms with Crippen LogP contribution in [-0.4, -0.2) is 35.6 Å². The molecule has 0 aliphatic carbocycles. The number of rotatable bonds is 7. The quantitative estimate of drug-likeness (QED) is 0.780. The fourth-order valence-corrected chi connectivity index (χ4v) is 2.86. The summed E-state index contributed by atoms with van der Waals surface area (Å²) in [6.07, 6.45) is 1.45. The smallest absolute Gasteiger partial charge is 0.408 e. The summed E-state index contributed by atoms with van der Waals surface area (Å²) in [7, 11) is 0. The summed E-state index contributed by atoms with van der Waals surface area (Å²) < 4.78 is 5.21. The molecule has 0 saturated carbocycles. The predicted octanol–water partition coefficient (Wildman–Crippen LogP) is 2.35. The SMILES string of the molecule is CC(C)C[C@@H](NC(=O)OCc1ccccc1)C(=O)NN1CCC[C@H]1C#N. The van der Waals surface area contributed by atoms with E-state index >= 15 is 0 Å². The first-order chi connectivity index (χ1) is 12.5. The largest absolute Gasteiger partial charge is 0.445 e. The summed E-state index contributed by atoms with van der Waals surface area (Å²) in [6, 6.07) is 10.5. The molecule has 0 spiro atoms. The predicted molar refractivity (Wildman–Crippen MR) is 96.5 cm³/mol. The second kappa shape index (κ2) is 9.78. The lowest BCUT2D eigenvalue weighted by Crippen LogP contribution is -2.53. The van der Waals surface area contributed by atoms with Crippen LogP contribution in [0.2, 0.25) is 0 Å². The second-order valence-corrected chi connectivity index (χ2v) is 6.84. The summed E-state index contributed by atoms with van der Waals surface area (Å²) in [6.45, 7) is 4.73. The molecule has 0 aromatic heterocycles. The highest BCUT2D eigenvalue weighted by atomic mass is 16.5. The molecule has 2 atom stereocenters. The highest BCUT2D eigenvalue weighted by molar-refractivity contribution is 5.85. The number of alkyl carbamates (subject to hydrolysis) is 1. The second-order valence-electron chi connectivity index (χ2n) is 6.84. The fraction of sp³-hybridized carbons (Fsp3) is 0.526. The zero-order chi connectivity index (χ0) is 18.9. The van der Waals surface area contributed by atoms with Crippen molar-refractivity contribution in [1.29, 1.82) is 5.26 Å². The number of hydrazine groups is 1. The van der Waals surface area contributed by atoms with Crippen LogP contribution < -0.4 is 10.7 Å². The molecule has 140 valence electrons. The minimum absolute atomic E-state index is 0.144. The van der Waals surface area contributed by atoms with Crippen molar-refractivity contribution in [1.82, 2.24) is 15.8 Å². The third-order valence-electron chi connectivity index (χ3n) is 4.18. The summed E-state index contributed by atoms with van der Waals surface area (Å²) in [5, 5.41) is 13.4. The van der Waals surface area contributed by atoms with E-state index in [0.29, 0.717) is 13.0 Å². The lowest BCUT2D eigenvalue weighted by molar-refractivity contribution is -0.128. The van der Waals surface area contributed by atoms with Gasteiger partial charge in [0.25, 0.3) is 5.91 Å². The van der Waals surface area contributed by atoms with E-state index in [0.717, 1.165) is 18.4 Å². The van der Waals surface area contributed by atoms with Crippen molar-refractivity contribution in [3.8, 4) is 6.07 Å². The van der Waals surface area contributed by atoms with E-state index in [-0.39, 0.29) is 24.5 Å². The molecule has 2 N–H and O–H groups in total. The maximum atomic E-state index is 12.6. The molecule has 7 nitrogen and oxygen atoms in total. The third kappa shape index (κ3) is 6.05. The minimum atomic E-state index is -0.710. The standard InChI is InChI=1S/C19H26N4O3/c1-14(2)11-17(18(24)22-23-10-6-9-16(23)12-20)21-19(25)26-13-15-7-4-3-5-8-15/h3-5,7-8,14,16-17H,6,9-11,13H2,1-2H3,(H,21,25)(H,22,24)/t16-,17+/m0/s1. The topological polar surface area (TPSA) is 94.5 Å². The van der Waals surface area contributed by atoms with Crippen molar-refractivity contribution in [2.75, 3.05) is 6.54 Å². The Bertz CT molecular complexity index is 642. The van der Waals surface area contributed by atoms with Crippen LogP contribution in [0.15, 0.2) is 30.3 Å². The molecule has 1 aromatic rings. The van der Waals surface area contributed by atoms with Gasteiger partial charge in [0.15, 0.2) is 0 Å². The van der Waals surface area contributed by atoms with E-state index in [4.69, 9.17) is 10.00 Å². The van der Waals surface area contributed by atoms with E-state index in [9.17, 15) is 9.59 Å². The Morgan fingerprint density at radius 1 is 1.35 bits per heavy atom. The van der Waals surface area contributed by atoms with Gasteiger partial charge in [-0.15, -0.1) is 0 Å². The van der Waals surface area contributed by atoms with Crippen molar-refractivity contribution in [2.24, 2.45) is 5.92 Å². The van der Waals surface area contributed by atoms with Crippen LogP contribution in [-0.2, 0) is 16.1 Å². The van der Waals surface area contributed by atoms with Gasteiger partial charge in [-0.3, -0.25) is 10.2 Å². The van der Waals surface area contributed by atoms with Crippen LogP contribution in [0.25, 0.3) is 0 Å². The van der Waals surface area contributed by atoms with Gasteiger partial charge in [-0.1, -0.05) is 44.2 Å². The van der Waals surface area contributed by atoms with Crippen molar-refractivity contribution < 1.29 is 14.3 Å². The number of benzene rings is 1. The number of carbonyl (C=O) groups excluding carboxylic acids is 2. The van der Waals surface area contributed by atoms with E-state index in [1.165, 1.54) is 0 Å². The van der Waals surface area contributed by atoms with Crippen LogP contribution in [0, 0.1) is 17.2 Å². The number of nitrogens with one attached hydrogen (secondary N) is 2. The lowest BCUT2D eigenvalue weighted by atomic mass is 10.0. The monoisotopic (exact) mass is 358 g/mol. The number of nitriles is 1. The Morgan fingerprint density at radius 2 is 2.08 bits per heavy atom. The molecule has 1 aromatic carbocycles. The molecule has 26 heavy (non-hydrogen) atoms. The first-order valence-corrected chi connectivity index (χ1v) is 8.93. The molecule has 0 radical (unpaired) electrons. The average Bonchev–Trinajstić information content (AvgIpc) is 3.07. The zero-order valence-electron chi connectivity index (χ0n) is 15.3. The lowest BCUT2D eigenvalue weighted by Gasteiger charge is -2.25. The molecular weight excluding hydrogens is 332 g/mol. The molecule has 1 heterocycles. The van der Waals surface area contributed by atoms with Gasteiger partial charge >= 0.3 is 6.09 Å². The van der Waals surface area contributed by atoms with Gasteiger partial charge in [-0.25, -0.2) is 9.80 Å². The molecular formula is C19H26N4O3. The Balaban J connectivity index is 1.90. The summed E-state index contributed by atoms with van der Waals surface area (Å²) in [5.41, 5.74) is 3.64. The molecule has 7 heteroatoms. The van der Waals surface area contributed by atoms with Crippen LogP contribution >= 0.6 is 0 Å². The number of hydrogen-bond donors (Lipinski definition) is 2. The number of nitrogens with zero attached hydrogens (tertiary/aromatic N) is 2. The molecule has 2 rings (SSSR count). The molecule has 1 aliphatic rings. The molecule has 0 bridgehead atoms. The van der Waals surface area contributed by atoms with Crippen molar-refractivity contribution in [3.05, 3.63) is 35.9 Å². The van der Waals surface area contributed by atoms with Crippen LogP contribution in [0.1, 0.15) is 38.7 Å². The van der Waals surface area contributed by atoms with Gasteiger partial charge in [0.1, 0.15) is 18.7 Å². The van der Waals surface area contributed by atoms with Crippen LogP contribution in [0.3, 0.4) is 0 Å². The molecule has 1 fully saturated rings. The van der Waals surface area contributed by atoms with Crippen molar-refractivity contribution >= 4 is 12.0 Å². The van der Waals surface area contributed by atoms with Gasteiger partial charge in [-0.05, 0) is 30.7 Å². The fourth-order valence-electron chi connectivity index (χ4n) is 2.86. The third-order valence-corrected chi connectivity index (χ3v) is 4.18. The summed E-state index contributed by atoms with van der Waals surface area (Å²) >= 11 is 0. The van der Waals surface area contributed by atoms with E-state index in [1.54, 1.807) is 5.01 Å². The number of amides is 2. The summed E-state index contributed by atoms with van der Waals surface area (Å²) in [4.78, 5) is 24.7. The van der Waals surface area contributed by atoms with Crippen molar-refractivity contribution in [3.63, 3.8) is 0 Å². The van der Waals surface area contributed by atoms with Gasteiger partial charge in [0, 0.05) is 6.54 Å². The maximum absolute atomic E-state index is 12.6. The highest BCUT2D eigenvalue weighted by Gasteiger charge is 2.29. The molecule has 2 amide bonds. The Labute approximate surface area is 154 Å².